The third-order valence-electron chi connectivity index (χ3n) is 2.58. The van der Waals surface area contributed by atoms with Crippen molar-refractivity contribution in [1.29, 1.82) is 0 Å². The standard InChI is InChI=1S/C10H12N4O/c1-3-14-8(5-11-1)6-13-10(14)9-7-12-2-4-15-9/h1,3,5-6,9,12H,2,4,7H2. The van der Waals surface area contributed by atoms with Gasteiger partial charge in [-0.3, -0.25) is 9.38 Å². The molecule has 1 aliphatic heterocycles. The quantitative estimate of drug-likeness (QED) is 0.730. The lowest BCUT2D eigenvalue weighted by Crippen LogP contribution is -2.34. The van der Waals surface area contributed by atoms with Crippen molar-refractivity contribution in [3.8, 4) is 0 Å². The number of fused-ring (bicyclic) bond motifs is 1. The summed E-state index contributed by atoms with van der Waals surface area (Å²) < 4.78 is 7.68. The van der Waals surface area contributed by atoms with E-state index in [-0.39, 0.29) is 6.10 Å². The first-order valence-electron chi connectivity index (χ1n) is 5.04. The molecular weight excluding hydrogens is 192 g/mol. The van der Waals surface area contributed by atoms with Gasteiger partial charge >= 0.3 is 0 Å². The molecule has 1 atom stereocenters. The first-order valence-corrected chi connectivity index (χ1v) is 5.04. The zero-order valence-electron chi connectivity index (χ0n) is 8.26. The molecule has 3 rings (SSSR count). The topological polar surface area (TPSA) is 51.5 Å². The van der Waals surface area contributed by atoms with E-state index in [4.69, 9.17) is 4.74 Å². The molecule has 0 saturated carbocycles. The van der Waals surface area contributed by atoms with Gasteiger partial charge in [-0.05, 0) is 0 Å². The minimum atomic E-state index is 0.0450. The second-order valence-corrected chi connectivity index (χ2v) is 3.55. The highest BCUT2D eigenvalue weighted by Crippen LogP contribution is 2.18. The molecule has 2 aromatic heterocycles. The largest absolute Gasteiger partial charge is 0.368 e. The Labute approximate surface area is 87.1 Å². The van der Waals surface area contributed by atoms with Crippen LogP contribution in [-0.2, 0) is 4.74 Å². The number of rotatable bonds is 1. The minimum absolute atomic E-state index is 0.0450. The number of morpholine rings is 1. The van der Waals surface area contributed by atoms with Crippen LogP contribution in [0.3, 0.4) is 0 Å². The fourth-order valence-electron chi connectivity index (χ4n) is 1.84. The van der Waals surface area contributed by atoms with Crippen LogP contribution in [-0.4, -0.2) is 34.1 Å². The molecule has 2 aromatic rings. The molecule has 1 fully saturated rings. The van der Waals surface area contributed by atoms with Crippen LogP contribution >= 0.6 is 0 Å². The van der Waals surface area contributed by atoms with Crippen molar-refractivity contribution in [1.82, 2.24) is 19.7 Å². The van der Waals surface area contributed by atoms with Crippen LogP contribution in [0.4, 0.5) is 0 Å². The molecular formula is C10H12N4O. The maximum atomic E-state index is 5.66. The third-order valence-corrected chi connectivity index (χ3v) is 2.58. The lowest BCUT2D eigenvalue weighted by molar-refractivity contribution is 0.0218. The summed E-state index contributed by atoms with van der Waals surface area (Å²) in [6, 6.07) is 0. The van der Waals surface area contributed by atoms with Gasteiger partial charge in [0.05, 0.1) is 24.5 Å². The Morgan fingerprint density at radius 3 is 3.33 bits per heavy atom. The molecule has 0 aromatic carbocycles. The number of nitrogens with zero attached hydrogens (tertiary/aromatic N) is 3. The number of aromatic nitrogens is 3. The first-order chi connectivity index (χ1) is 7.45. The summed E-state index contributed by atoms with van der Waals surface area (Å²) >= 11 is 0. The summed E-state index contributed by atoms with van der Waals surface area (Å²) in [5.74, 6) is 0.944. The highest BCUT2D eigenvalue weighted by Gasteiger charge is 2.19. The third kappa shape index (κ3) is 1.49. The van der Waals surface area contributed by atoms with Crippen LogP contribution in [0, 0.1) is 0 Å². The monoisotopic (exact) mass is 204 g/mol. The highest BCUT2D eigenvalue weighted by atomic mass is 16.5. The predicted molar refractivity (Wildman–Crippen MR) is 54.5 cm³/mol. The summed E-state index contributed by atoms with van der Waals surface area (Å²) in [6.07, 6.45) is 7.33. The smallest absolute Gasteiger partial charge is 0.143 e. The molecule has 3 heterocycles. The van der Waals surface area contributed by atoms with Gasteiger partial charge in [0, 0.05) is 25.5 Å². The van der Waals surface area contributed by atoms with E-state index in [0.717, 1.165) is 31.0 Å². The van der Waals surface area contributed by atoms with Gasteiger partial charge in [-0.2, -0.15) is 0 Å². The Morgan fingerprint density at radius 2 is 2.47 bits per heavy atom. The first kappa shape index (κ1) is 8.82. The molecule has 5 nitrogen and oxygen atoms in total. The Hall–Kier alpha value is -1.46. The SMILES string of the molecule is c1cn2c(C3CNCCO3)ncc2cn1. The van der Waals surface area contributed by atoms with Crippen LogP contribution in [0.5, 0.6) is 0 Å². The molecule has 0 spiro atoms. The molecule has 5 heteroatoms. The van der Waals surface area contributed by atoms with E-state index in [0.29, 0.717) is 0 Å². The van der Waals surface area contributed by atoms with E-state index in [9.17, 15) is 0 Å². The summed E-state index contributed by atoms with van der Waals surface area (Å²) in [5, 5.41) is 3.29. The second kappa shape index (κ2) is 3.60. The Balaban J connectivity index is 2.02. The molecule has 78 valence electrons. The maximum absolute atomic E-state index is 5.66. The molecule has 15 heavy (non-hydrogen) atoms. The molecule has 1 unspecified atom stereocenters. The Morgan fingerprint density at radius 1 is 1.47 bits per heavy atom. The van der Waals surface area contributed by atoms with Crippen LogP contribution in [0.1, 0.15) is 11.9 Å². The van der Waals surface area contributed by atoms with E-state index in [1.807, 2.05) is 16.8 Å². The van der Waals surface area contributed by atoms with Crippen molar-refractivity contribution in [3.63, 3.8) is 0 Å². The maximum Gasteiger partial charge on any atom is 0.143 e. The summed E-state index contributed by atoms with van der Waals surface area (Å²) in [7, 11) is 0. The normalized spacial score (nSPS) is 22.0. The van der Waals surface area contributed by atoms with Crippen molar-refractivity contribution >= 4 is 5.52 Å². The summed E-state index contributed by atoms with van der Waals surface area (Å²) in [4.78, 5) is 8.43. The highest BCUT2D eigenvalue weighted by molar-refractivity contribution is 5.43. The molecule has 1 aliphatic rings. The zero-order valence-corrected chi connectivity index (χ0v) is 8.26. The number of imidazole rings is 1. The van der Waals surface area contributed by atoms with Gasteiger partial charge in [0.2, 0.25) is 0 Å². The number of hydrogen-bond acceptors (Lipinski definition) is 4. The predicted octanol–water partition coefficient (Wildman–Crippen LogP) is 0.390. The zero-order chi connectivity index (χ0) is 10.1. The van der Waals surface area contributed by atoms with Gasteiger partial charge < -0.3 is 10.1 Å². The van der Waals surface area contributed by atoms with Crippen LogP contribution in [0.15, 0.2) is 24.8 Å². The fraction of sp³-hybridized carbons (Fsp3) is 0.400. The Kier molecular flexibility index (Phi) is 2.12. The number of hydrogen-bond donors (Lipinski definition) is 1. The molecule has 0 radical (unpaired) electrons. The molecule has 1 saturated heterocycles. The van der Waals surface area contributed by atoms with Crippen molar-refractivity contribution in [3.05, 3.63) is 30.6 Å². The minimum Gasteiger partial charge on any atom is -0.368 e. The lowest BCUT2D eigenvalue weighted by Gasteiger charge is -2.22. The van der Waals surface area contributed by atoms with Crippen LogP contribution in [0.25, 0.3) is 5.52 Å². The van der Waals surface area contributed by atoms with E-state index in [2.05, 4.69) is 15.3 Å². The van der Waals surface area contributed by atoms with Gasteiger partial charge in [0.25, 0.3) is 0 Å². The van der Waals surface area contributed by atoms with Gasteiger partial charge in [-0.1, -0.05) is 0 Å². The summed E-state index contributed by atoms with van der Waals surface area (Å²) in [6.45, 7) is 2.48. The van der Waals surface area contributed by atoms with Crippen molar-refractivity contribution in [2.24, 2.45) is 0 Å². The van der Waals surface area contributed by atoms with Gasteiger partial charge in [-0.25, -0.2) is 4.98 Å². The van der Waals surface area contributed by atoms with Crippen molar-refractivity contribution in [2.45, 2.75) is 6.10 Å². The molecule has 0 amide bonds. The van der Waals surface area contributed by atoms with E-state index < -0.39 is 0 Å². The number of nitrogens with one attached hydrogen (secondary N) is 1. The fourth-order valence-corrected chi connectivity index (χ4v) is 1.84. The van der Waals surface area contributed by atoms with Gasteiger partial charge in [-0.15, -0.1) is 0 Å². The average molecular weight is 204 g/mol. The second-order valence-electron chi connectivity index (χ2n) is 3.55. The summed E-state index contributed by atoms with van der Waals surface area (Å²) in [5.41, 5.74) is 1.00. The van der Waals surface area contributed by atoms with Crippen molar-refractivity contribution in [2.75, 3.05) is 19.7 Å². The number of ether oxygens (including phenoxy) is 1. The van der Waals surface area contributed by atoms with E-state index in [1.54, 1.807) is 12.4 Å². The molecule has 1 N–H and O–H groups in total. The van der Waals surface area contributed by atoms with Crippen LogP contribution in [0.2, 0.25) is 0 Å². The van der Waals surface area contributed by atoms with Gasteiger partial charge in [0.15, 0.2) is 0 Å². The van der Waals surface area contributed by atoms with E-state index >= 15 is 0 Å². The van der Waals surface area contributed by atoms with Gasteiger partial charge in [0.1, 0.15) is 11.9 Å². The van der Waals surface area contributed by atoms with Crippen LogP contribution < -0.4 is 5.32 Å². The molecule has 0 aliphatic carbocycles. The van der Waals surface area contributed by atoms with Crippen molar-refractivity contribution < 1.29 is 4.74 Å². The average Bonchev–Trinajstić information content (AvgIpc) is 2.74. The van der Waals surface area contributed by atoms with E-state index in [1.165, 1.54) is 0 Å². The lowest BCUT2D eigenvalue weighted by atomic mass is 10.3. The Bertz CT molecular complexity index is 461. The molecule has 0 bridgehead atoms.